The summed E-state index contributed by atoms with van der Waals surface area (Å²) in [6.45, 7) is 0.553. The summed E-state index contributed by atoms with van der Waals surface area (Å²) in [5.74, 6) is -2.69. The third-order valence-electron chi connectivity index (χ3n) is 4.93. The van der Waals surface area contributed by atoms with Crippen LogP contribution in [0.15, 0.2) is 18.2 Å². The average molecular weight is 384 g/mol. The van der Waals surface area contributed by atoms with Crippen LogP contribution in [0.1, 0.15) is 41.6 Å². The van der Waals surface area contributed by atoms with Crippen LogP contribution in [-0.4, -0.2) is 47.4 Å². The molecule has 0 radical (unpaired) electrons. The number of rotatable bonds is 3. The van der Waals surface area contributed by atoms with Crippen LogP contribution in [0.4, 0.5) is 18.9 Å². The molecule has 2 aliphatic heterocycles. The Morgan fingerprint density at radius 3 is 2.44 bits per heavy atom. The van der Waals surface area contributed by atoms with Gasteiger partial charge in [0.25, 0.3) is 5.91 Å². The number of halogens is 3. The number of carbonyl (C=O) groups is 3. The van der Waals surface area contributed by atoms with Crippen molar-refractivity contribution in [1.29, 1.82) is 0 Å². The first-order valence-electron chi connectivity index (χ1n) is 8.71. The molecule has 2 fully saturated rings. The highest BCUT2D eigenvalue weighted by Crippen LogP contribution is 2.34. The van der Waals surface area contributed by atoms with Crippen LogP contribution in [0.3, 0.4) is 0 Å². The van der Waals surface area contributed by atoms with Gasteiger partial charge >= 0.3 is 12.1 Å². The van der Waals surface area contributed by atoms with Crippen LogP contribution < -0.4 is 4.90 Å². The molecule has 1 aromatic rings. The molecule has 1 unspecified atom stereocenters. The Hall–Kier alpha value is -2.58. The van der Waals surface area contributed by atoms with Gasteiger partial charge in [-0.3, -0.25) is 14.4 Å². The van der Waals surface area contributed by atoms with E-state index in [1.807, 2.05) is 0 Å². The minimum absolute atomic E-state index is 0.0393. The van der Waals surface area contributed by atoms with Crippen LogP contribution in [0.25, 0.3) is 0 Å². The Kier molecular flexibility index (Phi) is 5.12. The van der Waals surface area contributed by atoms with E-state index in [-0.39, 0.29) is 36.7 Å². The summed E-state index contributed by atoms with van der Waals surface area (Å²) >= 11 is 0. The minimum Gasteiger partial charge on any atom is -0.481 e. The number of carboxylic acid groups (broad SMARTS) is 1. The Balaban J connectivity index is 1.94. The lowest BCUT2D eigenvalue weighted by molar-refractivity contribution is -0.143. The largest absolute Gasteiger partial charge is 0.481 e. The molecule has 0 bridgehead atoms. The van der Waals surface area contributed by atoms with Gasteiger partial charge < -0.3 is 14.9 Å². The van der Waals surface area contributed by atoms with Crippen LogP contribution in [0.5, 0.6) is 0 Å². The fourth-order valence-corrected chi connectivity index (χ4v) is 3.52. The van der Waals surface area contributed by atoms with Crippen LogP contribution in [0, 0.1) is 5.92 Å². The number of carbonyl (C=O) groups excluding carboxylic acids is 2. The lowest BCUT2D eigenvalue weighted by atomic mass is 9.97. The zero-order valence-corrected chi connectivity index (χ0v) is 14.5. The lowest BCUT2D eigenvalue weighted by Gasteiger charge is -2.31. The number of benzene rings is 1. The molecule has 0 spiro atoms. The molecular weight excluding hydrogens is 365 g/mol. The Bertz CT molecular complexity index is 778. The summed E-state index contributed by atoms with van der Waals surface area (Å²) in [4.78, 5) is 38.4. The number of alkyl halides is 3. The first kappa shape index (κ1) is 19.2. The smallest absolute Gasteiger partial charge is 0.416 e. The molecule has 27 heavy (non-hydrogen) atoms. The molecule has 2 heterocycles. The SMILES string of the molecule is O=C(O)C1CCCN(C(=O)c2cc(N3CCCC3=O)cc(C(F)(F)F)c2)C1. The molecular formula is C18H19F3N2O4. The summed E-state index contributed by atoms with van der Waals surface area (Å²) in [5.41, 5.74) is -1.15. The molecule has 1 N–H and O–H groups in total. The molecule has 1 atom stereocenters. The molecule has 0 saturated carbocycles. The van der Waals surface area contributed by atoms with Crippen molar-refractivity contribution in [1.82, 2.24) is 4.90 Å². The fraction of sp³-hybridized carbons (Fsp3) is 0.500. The van der Waals surface area contributed by atoms with Gasteiger partial charge in [-0.15, -0.1) is 0 Å². The topological polar surface area (TPSA) is 77.9 Å². The first-order valence-corrected chi connectivity index (χ1v) is 8.71. The van der Waals surface area contributed by atoms with Crippen molar-refractivity contribution in [2.75, 3.05) is 24.5 Å². The van der Waals surface area contributed by atoms with Gasteiger partial charge in [0.1, 0.15) is 0 Å². The predicted molar refractivity (Wildman–Crippen MR) is 89.3 cm³/mol. The monoisotopic (exact) mass is 384 g/mol. The maximum atomic E-state index is 13.3. The third kappa shape index (κ3) is 4.06. The van der Waals surface area contributed by atoms with Gasteiger partial charge in [0.05, 0.1) is 11.5 Å². The summed E-state index contributed by atoms with van der Waals surface area (Å²) in [6.07, 6.45) is -2.97. The first-order chi connectivity index (χ1) is 12.7. The second-order valence-electron chi connectivity index (χ2n) is 6.84. The van der Waals surface area contributed by atoms with Gasteiger partial charge in [0, 0.05) is 37.3 Å². The number of carboxylic acids is 1. The molecule has 9 heteroatoms. The van der Waals surface area contributed by atoms with E-state index in [1.54, 1.807) is 0 Å². The second-order valence-corrected chi connectivity index (χ2v) is 6.84. The van der Waals surface area contributed by atoms with Gasteiger partial charge in [0.15, 0.2) is 0 Å². The van der Waals surface area contributed by atoms with E-state index in [4.69, 9.17) is 5.11 Å². The minimum atomic E-state index is -4.67. The lowest BCUT2D eigenvalue weighted by Crippen LogP contribution is -2.42. The molecule has 2 saturated heterocycles. The standard InChI is InChI=1S/C18H19F3N2O4/c19-18(20,21)13-7-12(8-14(9-13)23-6-2-4-15(23)24)16(25)22-5-1-3-11(10-22)17(26)27/h7-9,11H,1-6,10H2,(H,26,27). The number of likely N-dealkylation sites (tertiary alicyclic amines) is 1. The number of piperidine rings is 1. The van der Waals surface area contributed by atoms with Crippen LogP contribution in [-0.2, 0) is 15.8 Å². The number of aliphatic carboxylic acids is 1. The summed E-state index contributed by atoms with van der Waals surface area (Å²) in [5, 5.41) is 9.15. The van der Waals surface area contributed by atoms with Crippen LogP contribution in [0.2, 0.25) is 0 Å². The highest BCUT2D eigenvalue weighted by molar-refractivity contribution is 5.99. The van der Waals surface area contributed by atoms with Crippen molar-refractivity contribution in [3.63, 3.8) is 0 Å². The molecule has 0 aromatic heterocycles. The average Bonchev–Trinajstić information content (AvgIpc) is 3.06. The number of anilines is 1. The van der Waals surface area contributed by atoms with Crippen molar-refractivity contribution >= 4 is 23.5 Å². The van der Waals surface area contributed by atoms with Gasteiger partial charge in [0.2, 0.25) is 5.91 Å². The fourth-order valence-electron chi connectivity index (χ4n) is 3.52. The van der Waals surface area contributed by atoms with Gasteiger partial charge in [-0.25, -0.2) is 0 Å². The second kappa shape index (κ2) is 7.21. The highest BCUT2D eigenvalue weighted by Gasteiger charge is 2.35. The maximum absolute atomic E-state index is 13.3. The summed E-state index contributed by atoms with van der Waals surface area (Å²) < 4.78 is 39.9. The van der Waals surface area contributed by atoms with Crippen molar-refractivity contribution < 1.29 is 32.7 Å². The van der Waals surface area contributed by atoms with Crippen molar-refractivity contribution in [3.05, 3.63) is 29.3 Å². The van der Waals surface area contributed by atoms with Crippen molar-refractivity contribution in [3.8, 4) is 0 Å². The number of amides is 2. The van der Waals surface area contributed by atoms with Crippen molar-refractivity contribution in [2.45, 2.75) is 31.9 Å². The maximum Gasteiger partial charge on any atom is 0.416 e. The van der Waals surface area contributed by atoms with E-state index in [0.29, 0.717) is 25.8 Å². The molecule has 0 aliphatic carbocycles. The van der Waals surface area contributed by atoms with E-state index >= 15 is 0 Å². The Morgan fingerprint density at radius 1 is 1.11 bits per heavy atom. The van der Waals surface area contributed by atoms with E-state index in [1.165, 1.54) is 15.9 Å². The zero-order valence-electron chi connectivity index (χ0n) is 14.5. The predicted octanol–water partition coefficient (Wildman–Crippen LogP) is 2.77. The third-order valence-corrected chi connectivity index (χ3v) is 4.93. The Morgan fingerprint density at radius 2 is 1.85 bits per heavy atom. The van der Waals surface area contributed by atoms with Gasteiger partial charge in [-0.2, -0.15) is 13.2 Å². The number of hydrogen-bond donors (Lipinski definition) is 1. The highest BCUT2D eigenvalue weighted by atomic mass is 19.4. The summed E-state index contributed by atoms with van der Waals surface area (Å²) in [7, 11) is 0. The summed E-state index contributed by atoms with van der Waals surface area (Å²) in [6, 6.07) is 2.91. The Labute approximate surface area is 153 Å². The molecule has 1 aromatic carbocycles. The van der Waals surface area contributed by atoms with Crippen LogP contribution >= 0.6 is 0 Å². The normalized spacial score (nSPS) is 20.9. The molecule has 2 amide bonds. The van der Waals surface area contributed by atoms with E-state index < -0.39 is 29.5 Å². The van der Waals surface area contributed by atoms with E-state index in [0.717, 1.165) is 12.1 Å². The van der Waals surface area contributed by atoms with E-state index in [2.05, 4.69) is 0 Å². The molecule has 2 aliphatic rings. The van der Waals surface area contributed by atoms with Gasteiger partial charge in [-0.1, -0.05) is 0 Å². The zero-order chi connectivity index (χ0) is 19.8. The molecule has 146 valence electrons. The van der Waals surface area contributed by atoms with Gasteiger partial charge in [-0.05, 0) is 37.5 Å². The molecule has 3 rings (SSSR count). The quantitative estimate of drug-likeness (QED) is 0.869. The molecule has 6 nitrogen and oxygen atoms in total. The number of hydrogen-bond acceptors (Lipinski definition) is 3. The van der Waals surface area contributed by atoms with Crippen molar-refractivity contribution in [2.24, 2.45) is 5.92 Å². The number of nitrogens with zero attached hydrogens (tertiary/aromatic N) is 2. The van der Waals surface area contributed by atoms with E-state index in [9.17, 15) is 27.6 Å².